The highest BCUT2D eigenvalue weighted by molar-refractivity contribution is 5.32. The first kappa shape index (κ1) is 11.5. The molecular weight excluding hydrogens is 222 g/mol. The summed E-state index contributed by atoms with van der Waals surface area (Å²) in [6.45, 7) is 2.38. The van der Waals surface area contributed by atoms with Crippen molar-refractivity contribution in [1.29, 1.82) is 0 Å². The maximum absolute atomic E-state index is 8.82. The minimum Gasteiger partial charge on any atom is -0.494 e. The number of ether oxygens (including phenoxy) is 2. The lowest BCUT2D eigenvalue weighted by Crippen LogP contribution is -1.91. The fourth-order valence-corrected chi connectivity index (χ4v) is 1.28. The molecule has 0 aliphatic carbocycles. The van der Waals surface area contributed by atoms with Crippen LogP contribution in [-0.2, 0) is 6.61 Å². The molecule has 5 nitrogen and oxygen atoms in total. The molecule has 0 unspecified atom stereocenters. The summed E-state index contributed by atoms with van der Waals surface area (Å²) >= 11 is 0. The Morgan fingerprint density at radius 2 is 1.94 bits per heavy atom. The van der Waals surface area contributed by atoms with Gasteiger partial charge < -0.3 is 19.0 Å². The van der Waals surface area contributed by atoms with Crippen LogP contribution in [-0.4, -0.2) is 16.7 Å². The van der Waals surface area contributed by atoms with Gasteiger partial charge in [-0.3, -0.25) is 0 Å². The van der Waals surface area contributed by atoms with Crippen molar-refractivity contribution in [2.24, 2.45) is 0 Å². The fourth-order valence-electron chi connectivity index (χ4n) is 1.28. The summed E-state index contributed by atoms with van der Waals surface area (Å²) in [6, 6.07) is 7.12. The second-order valence-electron chi connectivity index (χ2n) is 3.27. The number of benzene rings is 1. The lowest BCUT2D eigenvalue weighted by atomic mass is 10.3. The van der Waals surface area contributed by atoms with Gasteiger partial charge >= 0.3 is 6.08 Å². The summed E-state index contributed by atoms with van der Waals surface area (Å²) in [5.41, 5.74) is 0.436. The van der Waals surface area contributed by atoms with E-state index in [1.807, 2.05) is 6.92 Å². The molecule has 0 radical (unpaired) electrons. The van der Waals surface area contributed by atoms with E-state index in [1.54, 1.807) is 24.3 Å². The number of nitrogens with zero attached hydrogens (tertiary/aromatic N) is 1. The van der Waals surface area contributed by atoms with Crippen molar-refractivity contribution >= 4 is 0 Å². The first-order valence-electron chi connectivity index (χ1n) is 5.28. The third-order valence-electron chi connectivity index (χ3n) is 2.03. The molecule has 5 heteroatoms. The number of rotatable bonds is 5. The highest BCUT2D eigenvalue weighted by atomic mass is 16.6. The normalized spacial score (nSPS) is 10.2. The minimum absolute atomic E-state index is 0.109. The summed E-state index contributed by atoms with van der Waals surface area (Å²) in [6.07, 6.45) is 1.46. The Morgan fingerprint density at radius 1 is 1.24 bits per heavy atom. The zero-order valence-electron chi connectivity index (χ0n) is 9.42. The Balaban J connectivity index is 2.03. The second-order valence-corrected chi connectivity index (χ2v) is 3.27. The largest absolute Gasteiger partial charge is 0.494 e. The van der Waals surface area contributed by atoms with Crippen LogP contribution in [0.2, 0.25) is 0 Å². The maximum atomic E-state index is 8.82. The predicted octanol–water partition coefficient (Wildman–Crippen LogP) is 2.36. The van der Waals surface area contributed by atoms with Crippen LogP contribution in [0.5, 0.6) is 17.6 Å². The molecule has 0 aliphatic rings. The molecule has 0 fully saturated rings. The first-order valence-corrected chi connectivity index (χ1v) is 5.28. The quantitative estimate of drug-likeness (QED) is 0.861. The topological polar surface area (TPSA) is 64.7 Å². The Labute approximate surface area is 98.6 Å². The summed E-state index contributed by atoms with van der Waals surface area (Å²) in [5.74, 6) is 1.38. The van der Waals surface area contributed by atoms with Gasteiger partial charge in [0.2, 0.25) is 0 Å². The third kappa shape index (κ3) is 2.98. The lowest BCUT2D eigenvalue weighted by Gasteiger charge is -2.04. The summed E-state index contributed by atoms with van der Waals surface area (Å²) in [7, 11) is 0. The van der Waals surface area contributed by atoms with E-state index in [4.69, 9.17) is 19.0 Å². The molecule has 90 valence electrons. The van der Waals surface area contributed by atoms with Crippen LogP contribution < -0.4 is 9.47 Å². The van der Waals surface area contributed by atoms with Crippen molar-refractivity contribution in [3.8, 4) is 17.6 Å². The number of oxazole rings is 1. The van der Waals surface area contributed by atoms with Gasteiger partial charge in [0.15, 0.2) is 0 Å². The van der Waals surface area contributed by atoms with Gasteiger partial charge in [-0.1, -0.05) is 0 Å². The van der Waals surface area contributed by atoms with Crippen LogP contribution in [0.25, 0.3) is 0 Å². The molecule has 0 bridgehead atoms. The highest BCUT2D eigenvalue weighted by Gasteiger charge is 2.05. The maximum Gasteiger partial charge on any atom is 0.399 e. The van der Waals surface area contributed by atoms with E-state index >= 15 is 0 Å². The van der Waals surface area contributed by atoms with Crippen molar-refractivity contribution in [3.63, 3.8) is 0 Å². The van der Waals surface area contributed by atoms with Crippen LogP contribution in [0.1, 0.15) is 12.6 Å². The first-order chi connectivity index (χ1) is 8.31. The fraction of sp³-hybridized carbons (Fsp3) is 0.250. The van der Waals surface area contributed by atoms with Crippen molar-refractivity contribution in [3.05, 3.63) is 36.2 Å². The number of hydrogen-bond acceptors (Lipinski definition) is 5. The van der Waals surface area contributed by atoms with Crippen LogP contribution in [0, 0.1) is 0 Å². The molecule has 1 N–H and O–H groups in total. The van der Waals surface area contributed by atoms with Crippen molar-refractivity contribution in [1.82, 2.24) is 4.98 Å². The standard InChI is InChI=1S/C12H13NO4/c1-2-15-10-3-5-11(6-4-10)17-12-13-9(7-14)8-16-12/h3-6,8,14H,2,7H2,1H3. The summed E-state index contributed by atoms with van der Waals surface area (Å²) in [5, 5.41) is 8.82. The van der Waals surface area contributed by atoms with Crippen LogP contribution in [0.3, 0.4) is 0 Å². The average Bonchev–Trinajstić information content (AvgIpc) is 2.80. The molecule has 1 heterocycles. The average molecular weight is 235 g/mol. The Morgan fingerprint density at radius 3 is 2.53 bits per heavy atom. The van der Waals surface area contributed by atoms with E-state index in [0.717, 1.165) is 5.75 Å². The van der Waals surface area contributed by atoms with Gasteiger partial charge in [0, 0.05) is 0 Å². The van der Waals surface area contributed by atoms with Gasteiger partial charge in [0.1, 0.15) is 23.5 Å². The van der Waals surface area contributed by atoms with E-state index in [2.05, 4.69) is 4.98 Å². The molecule has 0 atom stereocenters. The molecule has 2 rings (SSSR count). The van der Waals surface area contributed by atoms with Crippen molar-refractivity contribution in [2.75, 3.05) is 6.61 Å². The molecular formula is C12H13NO4. The van der Waals surface area contributed by atoms with Gasteiger partial charge in [-0.15, -0.1) is 0 Å². The van der Waals surface area contributed by atoms with E-state index in [-0.39, 0.29) is 12.7 Å². The molecule has 0 saturated carbocycles. The summed E-state index contributed by atoms with van der Waals surface area (Å²) in [4.78, 5) is 3.91. The smallest absolute Gasteiger partial charge is 0.399 e. The second kappa shape index (κ2) is 5.36. The number of aliphatic hydroxyl groups excluding tert-OH is 1. The Kier molecular flexibility index (Phi) is 3.62. The van der Waals surface area contributed by atoms with E-state index < -0.39 is 0 Å². The van der Waals surface area contributed by atoms with Crippen molar-refractivity contribution < 1.29 is 19.0 Å². The Hall–Kier alpha value is -2.01. The zero-order chi connectivity index (χ0) is 12.1. The lowest BCUT2D eigenvalue weighted by molar-refractivity contribution is 0.276. The minimum atomic E-state index is -0.170. The predicted molar refractivity (Wildman–Crippen MR) is 60.1 cm³/mol. The number of aromatic nitrogens is 1. The highest BCUT2D eigenvalue weighted by Crippen LogP contribution is 2.23. The van der Waals surface area contributed by atoms with Crippen LogP contribution in [0.4, 0.5) is 0 Å². The van der Waals surface area contributed by atoms with Crippen LogP contribution in [0.15, 0.2) is 34.9 Å². The molecule has 0 aliphatic heterocycles. The Bertz CT molecular complexity index is 464. The number of aliphatic hydroxyl groups is 1. The molecule has 0 spiro atoms. The zero-order valence-corrected chi connectivity index (χ0v) is 9.42. The molecule has 1 aromatic heterocycles. The van der Waals surface area contributed by atoms with E-state index in [9.17, 15) is 0 Å². The molecule has 0 amide bonds. The molecule has 0 saturated heterocycles. The van der Waals surface area contributed by atoms with E-state index in [1.165, 1.54) is 6.26 Å². The van der Waals surface area contributed by atoms with Gasteiger partial charge in [-0.05, 0) is 31.2 Å². The van der Waals surface area contributed by atoms with Gasteiger partial charge in [0.05, 0.1) is 13.2 Å². The van der Waals surface area contributed by atoms with E-state index in [0.29, 0.717) is 18.1 Å². The van der Waals surface area contributed by atoms with Gasteiger partial charge in [-0.25, -0.2) is 0 Å². The monoisotopic (exact) mass is 235 g/mol. The summed E-state index contributed by atoms with van der Waals surface area (Å²) < 4.78 is 15.7. The van der Waals surface area contributed by atoms with Gasteiger partial charge in [0.25, 0.3) is 0 Å². The third-order valence-corrected chi connectivity index (χ3v) is 2.03. The number of hydrogen-bond donors (Lipinski definition) is 1. The van der Waals surface area contributed by atoms with Gasteiger partial charge in [-0.2, -0.15) is 4.98 Å². The van der Waals surface area contributed by atoms with Crippen LogP contribution >= 0.6 is 0 Å². The van der Waals surface area contributed by atoms with Crippen molar-refractivity contribution in [2.45, 2.75) is 13.5 Å². The molecule has 2 aromatic rings. The molecule has 17 heavy (non-hydrogen) atoms. The SMILES string of the molecule is CCOc1ccc(Oc2nc(CO)co2)cc1. The molecule has 1 aromatic carbocycles.